The SMILES string of the molecule is C=C/C=C(\C=C/C)N(c1ccc(-c2ccccc2)cc1)c1ccc(-c2ccc3c(c2)c2cc(-n4c5ccccc5c5cc(-c6ccccc6)ccc54)ccc2n3-c2ccc3c4ccccc4c4ccccc4c3c2)cc1. The van der Waals surface area contributed by atoms with E-state index in [1.54, 1.807) is 0 Å². The molecule has 0 saturated heterocycles. The summed E-state index contributed by atoms with van der Waals surface area (Å²) in [6.07, 6.45) is 8.15. The molecule has 0 amide bonds. The molecule has 0 unspecified atom stereocenters. The summed E-state index contributed by atoms with van der Waals surface area (Å²) in [6, 6.07) is 93.6. The second-order valence-electron chi connectivity index (χ2n) is 19.7. The highest BCUT2D eigenvalue weighted by atomic mass is 15.1. The highest BCUT2D eigenvalue weighted by molar-refractivity contribution is 6.26. The maximum absolute atomic E-state index is 4.08. The molecule has 14 rings (SSSR count). The molecule has 0 spiro atoms. The minimum absolute atomic E-state index is 1.03. The lowest BCUT2D eigenvalue weighted by Crippen LogP contribution is -2.15. The van der Waals surface area contributed by atoms with Gasteiger partial charge in [-0.3, -0.25) is 0 Å². The first kappa shape index (κ1) is 44.7. The van der Waals surface area contributed by atoms with Crippen LogP contribution in [0.25, 0.3) is 121 Å². The van der Waals surface area contributed by atoms with Crippen molar-refractivity contribution in [2.45, 2.75) is 6.92 Å². The molecule has 0 bridgehead atoms. The van der Waals surface area contributed by atoms with Crippen molar-refractivity contribution >= 4 is 87.3 Å². The van der Waals surface area contributed by atoms with E-state index < -0.39 is 0 Å². The van der Waals surface area contributed by atoms with Crippen molar-refractivity contribution < 1.29 is 0 Å². The Morgan fingerprint density at radius 2 is 0.697 bits per heavy atom. The molecule has 0 aliphatic rings. The van der Waals surface area contributed by atoms with Gasteiger partial charge in [0.25, 0.3) is 0 Å². The van der Waals surface area contributed by atoms with Gasteiger partial charge in [-0.2, -0.15) is 0 Å². The van der Waals surface area contributed by atoms with Crippen LogP contribution in [0, 0.1) is 0 Å². The number of benzene rings is 12. The van der Waals surface area contributed by atoms with Gasteiger partial charge < -0.3 is 14.0 Å². The van der Waals surface area contributed by atoms with E-state index in [1.165, 1.54) is 87.1 Å². The fourth-order valence-electron chi connectivity index (χ4n) is 11.9. The number of anilines is 2. The minimum Gasteiger partial charge on any atom is -0.311 e. The third-order valence-electron chi connectivity index (χ3n) is 15.3. The fraction of sp³-hybridized carbons (Fsp3) is 0.0137. The second kappa shape index (κ2) is 18.5. The predicted molar refractivity (Wildman–Crippen MR) is 326 cm³/mol. The van der Waals surface area contributed by atoms with Gasteiger partial charge in [0.15, 0.2) is 0 Å². The zero-order valence-corrected chi connectivity index (χ0v) is 42.1. The Morgan fingerprint density at radius 3 is 1.24 bits per heavy atom. The number of fused-ring (bicyclic) bond motifs is 12. The van der Waals surface area contributed by atoms with E-state index in [1.807, 2.05) is 6.08 Å². The fourth-order valence-corrected chi connectivity index (χ4v) is 11.9. The zero-order chi connectivity index (χ0) is 50.7. The van der Waals surface area contributed by atoms with Crippen LogP contribution in [0.1, 0.15) is 6.92 Å². The summed E-state index contributed by atoms with van der Waals surface area (Å²) in [5.74, 6) is 0. The highest BCUT2D eigenvalue weighted by Gasteiger charge is 2.20. The molecular weight excluding hydrogens is 919 g/mol. The monoisotopic (exact) mass is 969 g/mol. The Labute approximate surface area is 442 Å². The van der Waals surface area contributed by atoms with E-state index in [0.29, 0.717) is 0 Å². The standard InChI is InChI=1S/C73H51N3/c1-3-17-55(18-4-2)74(56-35-29-51(30-36-56)49-19-7-5-8-20-49)57-37-31-52(32-38-57)54-34-43-72-68(46-54)69-48-59(75-70-28-16-15-27-65(70)67-45-53(33-42-71(67)75)50-21-9-6-10-22-50)40-44-73(69)76(72)58-39-41-64-62-25-12-11-23-60(62)61-24-13-14-26-63(61)66(64)47-58/h3-48H,1H2,2H3/b18-4-,55-17+. The third kappa shape index (κ3) is 7.43. The topological polar surface area (TPSA) is 13.1 Å². The number of hydrogen-bond acceptors (Lipinski definition) is 1. The van der Waals surface area contributed by atoms with E-state index in [-0.39, 0.29) is 0 Å². The molecule has 0 aliphatic carbocycles. The second-order valence-corrected chi connectivity index (χ2v) is 19.7. The number of aromatic nitrogens is 2. The molecule has 2 aromatic heterocycles. The molecular formula is C73H51N3. The van der Waals surface area contributed by atoms with Crippen LogP contribution in [0.2, 0.25) is 0 Å². The summed E-state index contributed by atoms with van der Waals surface area (Å²) >= 11 is 0. The first-order valence-corrected chi connectivity index (χ1v) is 26.1. The average molecular weight is 970 g/mol. The number of allylic oxidation sites excluding steroid dienone is 4. The number of hydrogen-bond donors (Lipinski definition) is 0. The summed E-state index contributed by atoms with van der Waals surface area (Å²) in [5, 5.41) is 12.4. The molecule has 0 fully saturated rings. The van der Waals surface area contributed by atoms with Crippen LogP contribution in [-0.2, 0) is 0 Å². The lowest BCUT2D eigenvalue weighted by atomic mass is 9.94. The molecule has 0 N–H and O–H groups in total. The quantitative estimate of drug-likeness (QED) is 0.0983. The summed E-state index contributed by atoms with van der Waals surface area (Å²) < 4.78 is 4.92. The van der Waals surface area contributed by atoms with Crippen molar-refractivity contribution in [3.05, 3.63) is 291 Å². The molecule has 3 nitrogen and oxygen atoms in total. The van der Waals surface area contributed by atoms with Gasteiger partial charge in [-0.05, 0) is 170 Å². The third-order valence-corrected chi connectivity index (χ3v) is 15.3. The Kier molecular flexibility index (Phi) is 10.9. The summed E-state index contributed by atoms with van der Waals surface area (Å²) in [6.45, 7) is 6.14. The average Bonchev–Trinajstić information content (AvgIpc) is 4.03. The Hall–Kier alpha value is -9.96. The summed E-state index contributed by atoms with van der Waals surface area (Å²) in [5.41, 5.74) is 17.2. The Morgan fingerprint density at radius 1 is 0.329 bits per heavy atom. The molecule has 2 heterocycles. The number of nitrogens with zero attached hydrogens (tertiary/aromatic N) is 3. The van der Waals surface area contributed by atoms with Gasteiger partial charge in [0, 0.05) is 50.0 Å². The van der Waals surface area contributed by atoms with Crippen LogP contribution in [0.3, 0.4) is 0 Å². The van der Waals surface area contributed by atoms with Gasteiger partial charge in [0.1, 0.15) is 0 Å². The van der Waals surface area contributed by atoms with E-state index in [4.69, 9.17) is 0 Å². The predicted octanol–water partition coefficient (Wildman–Crippen LogP) is 20.1. The zero-order valence-electron chi connectivity index (χ0n) is 42.1. The molecule has 12 aromatic carbocycles. The Bertz CT molecular complexity index is 4590. The van der Waals surface area contributed by atoms with Gasteiger partial charge >= 0.3 is 0 Å². The maximum Gasteiger partial charge on any atom is 0.0542 e. The molecule has 76 heavy (non-hydrogen) atoms. The van der Waals surface area contributed by atoms with E-state index in [0.717, 1.165) is 50.6 Å². The first-order chi connectivity index (χ1) is 37.6. The van der Waals surface area contributed by atoms with Crippen molar-refractivity contribution in [1.82, 2.24) is 9.13 Å². The molecule has 0 atom stereocenters. The highest BCUT2D eigenvalue weighted by Crippen LogP contribution is 2.42. The van der Waals surface area contributed by atoms with Crippen LogP contribution in [0.15, 0.2) is 291 Å². The van der Waals surface area contributed by atoms with Crippen LogP contribution in [0.4, 0.5) is 11.4 Å². The molecule has 358 valence electrons. The van der Waals surface area contributed by atoms with Gasteiger partial charge in [-0.25, -0.2) is 0 Å². The van der Waals surface area contributed by atoms with E-state index in [9.17, 15) is 0 Å². The van der Waals surface area contributed by atoms with Crippen LogP contribution >= 0.6 is 0 Å². The van der Waals surface area contributed by atoms with E-state index >= 15 is 0 Å². The smallest absolute Gasteiger partial charge is 0.0542 e. The van der Waals surface area contributed by atoms with Crippen molar-refractivity contribution in [1.29, 1.82) is 0 Å². The number of rotatable bonds is 10. The number of para-hydroxylation sites is 1. The lowest BCUT2D eigenvalue weighted by Gasteiger charge is -2.27. The van der Waals surface area contributed by atoms with Crippen LogP contribution in [-0.4, -0.2) is 9.13 Å². The summed E-state index contributed by atoms with van der Waals surface area (Å²) in [7, 11) is 0. The van der Waals surface area contributed by atoms with Crippen molar-refractivity contribution in [2.24, 2.45) is 0 Å². The lowest BCUT2D eigenvalue weighted by molar-refractivity contribution is 1.17. The van der Waals surface area contributed by atoms with Crippen molar-refractivity contribution in [3.8, 4) is 44.8 Å². The van der Waals surface area contributed by atoms with Gasteiger partial charge in [-0.15, -0.1) is 0 Å². The van der Waals surface area contributed by atoms with Crippen LogP contribution in [0.5, 0.6) is 0 Å². The van der Waals surface area contributed by atoms with Crippen molar-refractivity contribution in [2.75, 3.05) is 4.90 Å². The summed E-state index contributed by atoms with van der Waals surface area (Å²) in [4.78, 5) is 2.30. The molecule has 14 aromatic rings. The molecule has 3 heteroatoms. The largest absolute Gasteiger partial charge is 0.311 e. The maximum atomic E-state index is 4.08. The first-order valence-electron chi connectivity index (χ1n) is 26.1. The molecule has 0 saturated carbocycles. The Balaban J connectivity index is 0.944. The van der Waals surface area contributed by atoms with Crippen LogP contribution < -0.4 is 4.90 Å². The van der Waals surface area contributed by atoms with Gasteiger partial charge in [0.2, 0.25) is 0 Å². The molecule has 0 radical (unpaired) electrons. The minimum atomic E-state index is 1.03. The molecule has 0 aliphatic heterocycles. The normalized spacial score (nSPS) is 12.1. The van der Waals surface area contributed by atoms with Crippen molar-refractivity contribution in [3.63, 3.8) is 0 Å². The van der Waals surface area contributed by atoms with Gasteiger partial charge in [-0.1, -0.05) is 189 Å². The van der Waals surface area contributed by atoms with Gasteiger partial charge in [0.05, 0.1) is 22.1 Å². The van der Waals surface area contributed by atoms with E-state index in [2.05, 4.69) is 301 Å².